The number of amides is 1. The van der Waals surface area contributed by atoms with Crippen LogP contribution in [0, 0.1) is 6.92 Å². The summed E-state index contributed by atoms with van der Waals surface area (Å²) in [6.07, 6.45) is 2.12. The molecule has 0 aliphatic heterocycles. The lowest BCUT2D eigenvalue weighted by molar-refractivity contribution is 0.170. The zero-order valence-corrected chi connectivity index (χ0v) is 9.60. The van der Waals surface area contributed by atoms with Crippen molar-refractivity contribution in [3.05, 3.63) is 23.8 Å². The molecule has 0 aromatic carbocycles. The van der Waals surface area contributed by atoms with Gasteiger partial charge in [0.2, 0.25) is 10.0 Å². The van der Waals surface area contributed by atoms with Crippen LogP contribution in [-0.4, -0.2) is 40.1 Å². The molecule has 1 amide bonds. The minimum atomic E-state index is -3.81. The van der Waals surface area contributed by atoms with Crippen molar-refractivity contribution in [1.82, 2.24) is 14.3 Å². The number of carboxylic acid groups (broad SMARTS) is 1. The van der Waals surface area contributed by atoms with Crippen molar-refractivity contribution in [3.63, 3.8) is 0 Å². The second kappa shape index (κ2) is 4.44. The average molecular weight is 245 g/mol. The lowest BCUT2D eigenvalue weighted by Crippen LogP contribution is -2.34. The van der Waals surface area contributed by atoms with Crippen LogP contribution < -0.4 is 0 Å². The van der Waals surface area contributed by atoms with E-state index in [1.54, 1.807) is 6.92 Å². The van der Waals surface area contributed by atoms with Crippen LogP contribution in [0.2, 0.25) is 0 Å². The lowest BCUT2D eigenvalue weighted by Gasteiger charge is -2.16. The van der Waals surface area contributed by atoms with E-state index in [9.17, 15) is 13.2 Å². The SMILES string of the molecule is Cc1nccnc1CN(C(=O)O)S(C)(=O)=O. The van der Waals surface area contributed by atoms with Crippen molar-refractivity contribution in [2.24, 2.45) is 0 Å². The van der Waals surface area contributed by atoms with E-state index in [4.69, 9.17) is 5.11 Å². The number of nitrogens with zero attached hydrogens (tertiary/aromatic N) is 3. The predicted molar refractivity (Wildman–Crippen MR) is 55.2 cm³/mol. The summed E-state index contributed by atoms with van der Waals surface area (Å²) in [6.45, 7) is 1.30. The molecule has 0 atom stereocenters. The smallest absolute Gasteiger partial charge is 0.421 e. The molecule has 1 aromatic rings. The third-order valence-electron chi connectivity index (χ3n) is 1.89. The third kappa shape index (κ3) is 2.89. The fourth-order valence-corrected chi connectivity index (χ4v) is 1.69. The van der Waals surface area contributed by atoms with Gasteiger partial charge in [0.1, 0.15) is 0 Å². The van der Waals surface area contributed by atoms with Crippen molar-refractivity contribution in [1.29, 1.82) is 0 Å². The van der Waals surface area contributed by atoms with Crippen LogP contribution in [0.4, 0.5) is 4.79 Å². The summed E-state index contributed by atoms with van der Waals surface area (Å²) in [5.41, 5.74) is 0.813. The van der Waals surface area contributed by atoms with Crippen molar-refractivity contribution in [3.8, 4) is 0 Å². The topological polar surface area (TPSA) is 100 Å². The van der Waals surface area contributed by atoms with Gasteiger partial charge in [0.05, 0.1) is 24.2 Å². The largest absolute Gasteiger partial charge is 0.464 e. The highest BCUT2D eigenvalue weighted by Crippen LogP contribution is 2.08. The Balaban J connectivity index is 3.03. The van der Waals surface area contributed by atoms with Gasteiger partial charge in [0, 0.05) is 12.4 Å². The Hall–Kier alpha value is -1.70. The van der Waals surface area contributed by atoms with E-state index >= 15 is 0 Å². The summed E-state index contributed by atoms with van der Waals surface area (Å²) in [5, 5.41) is 8.76. The van der Waals surface area contributed by atoms with Gasteiger partial charge in [-0.25, -0.2) is 13.2 Å². The molecule has 0 saturated heterocycles. The second-order valence-electron chi connectivity index (χ2n) is 3.14. The van der Waals surface area contributed by atoms with Gasteiger partial charge in [-0.05, 0) is 6.92 Å². The molecule has 0 saturated carbocycles. The van der Waals surface area contributed by atoms with Crippen LogP contribution in [0.5, 0.6) is 0 Å². The first-order valence-electron chi connectivity index (χ1n) is 4.29. The Bertz CT molecular complexity index is 500. The monoisotopic (exact) mass is 245 g/mol. The molecule has 1 aromatic heterocycles. The van der Waals surface area contributed by atoms with Gasteiger partial charge in [-0.3, -0.25) is 9.97 Å². The first-order chi connectivity index (χ1) is 7.32. The molecule has 88 valence electrons. The average Bonchev–Trinajstić information content (AvgIpc) is 2.14. The molecule has 1 N–H and O–H groups in total. The van der Waals surface area contributed by atoms with Gasteiger partial charge < -0.3 is 5.11 Å². The maximum Gasteiger partial charge on any atom is 0.421 e. The zero-order valence-electron chi connectivity index (χ0n) is 8.78. The summed E-state index contributed by atoms with van der Waals surface area (Å²) in [7, 11) is -3.81. The first kappa shape index (κ1) is 12.4. The van der Waals surface area contributed by atoms with E-state index in [-0.39, 0.29) is 6.54 Å². The lowest BCUT2D eigenvalue weighted by atomic mass is 10.3. The number of hydrogen-bond acceptors (Lipinski definition) is 5. The summed E-state index contributed by atoms with van der Waals surface area (Å²) in [6, 6.07) is 0. The molecule has 1 rings (SSSR count). The number of rotatable bonds is 3. The number of hydrogen-bond donors (Lipinski definition) is 1. The van der Waals surface area contributed by atoms with Crippen molar-refractivity contribution < 1.29 is 18.3 Å². The van der Waals surface area contributed by atoms with Crippen LogP contribution in [0.25, 0.3) is 0 Å². The van der Waals surface area contributed by atoms with E-state index in [0.717, 1.165) is 6.26 Å². The molecule has 0 radical (unpaired) electrons. The van der Waals surface area contributed by atoms with Gasteiger partial charge >= 0.3 is 6.09 Å². The molecule has 8 heteroatoms. The molecule has 0 aliphatic carbocycles. The van der Waals surface area contributed by atoms with Crippen molar-refractivity contribution >= 4 is 16.1 Å². The van der Waals surface area contributed by atoms with E-state index in [2.05, 4.69) is 9.97 Å². The van der Waals surface area contributed by atoms with E-state index < -0.39 is 16.1 Å². The highest BCUT2D eigenvalue weighted by Gasteiger charge is 2.23. The third-order valence-corrected chi connectivity index (χ3v) is 2.98. The Morgan fingerprint density at radius 1 is 1.44 bits per heavy atom. The summed E-state index contributed by atoms with van der Waals surface area (Å²) in [5.74, 6) is 0. The summed E-state index contributed by atoms with van der Waals surface area (Å²) >= 11 is 0. The second-order valence-corrected chi connectivity index (χ2v) is 5.05. The standard InChI is InChI=1S/C8H11N3O4S/c1-6-7(10-4-3-9-6)5-11(8(12)13)16(2,14)15/h3-4H,5H2,1-2H3,(H,12,13). The zero-order chi connectivity index (χ0) is 12.3. The van der Waals surface area contributed by atoms with Gasteiger partial charge in [-0.15, -0.1) is 0 Å². The Kier molecular flexibility index (Phi) is 3.43. The molecule has 0 unspecified atom stereocenters. The Morgan fingerprint density at radius 3 is 2.44 bits per heavy atom. The van der Waals surface area contributed by atoms with E-state index in [1.807, 2.05) is 0 Å². The van der Waals surface area contributed by atoms with Crippen molar-refractivity contribution in [2.45, 2.75) is 13.5 Å². The molecule has 0 bridgehead atoms. The fraction of sp³-hybridized carbons (Fsp3) is 0.375. The highest BCUT2D eigenvalue weighted by molar-refractivity contribution is 7.88. The van der Waals surface area contributed by atoms with E-state index in [0.29, 0.717) is 15.7 Å². The molecule has 0 aliphatic rings. The normalized spacial score (nSPS) is 11.1. The molecule has 0 spiro atoms. The minimum absolute atomic E-state index is 0.315. The van der Waals surface area contributed by atoms with Crippen LogP contribution in [-0.2, 0) is 16.6 Å². The van der Waals surface area contributed by atoms with E-state index in [1.165, 1.54) is 12.4 Å². The number of aryl methyl sites for hydroxylation is 1. The molecule has 0 fully saturated rings. The maximum atomic E-state index is 11.2. The van der Waals surface area contributed by atoms with Crippen LogP contribution in [0.1, 0.15) is 11.4 Å². The maximum absolute atomic E-state index is 11.2. The minimum Gasteiger partial charge on any atom is -0.464 e. The first-order valence-corrected chi connectivity index (χ1v) is 6.14. The Morgan fingerprint density at radius 2 is 2.00 bits per heavy atom. The van der Waals surface area contributed by atoms with Gasteiger partial charge in [-0.1, -0.05) is 0 Å². The number of carbonyl (C=O) groups is 1. The summed E-state index contributed by atoms with van der Waals surface area (Å²) < 4.78 is 22.7. The van der Waals surface area contributed by atoms with Crippen LogP contribution in [0.15, 0.2) is 12.4 Å². The predicted octanol–water partition coefficient (Wildman–Crippen LogP) is 0.225. The Labute approximate surface area is 92.8 Å². The fourth-order valence-electron chi connectivity index (χ4n) is 1.05. The van der Waals surface area contributed by atoms with Gasteiger partial charge in [0.15, 0.2) is 0 Å². The molecule has 1 heterocycles. The number of sulfonamides is 1. The molecular weight excluding hydrogens is 234 g/mol. The van der Waals surface area contributed by atoms with Crippen LogP contribution in [0.3, 0.4) is 0 Å². The number of aromatic nitrogens is 2. The van der Waals surface area contributed by atoms with Crippen LogP contribution >= 0.6 is 0 Å². The quantitative estimate of drug-likeness (QED) is 0.817. The molecular formula is C8H11N3O4S. The molecule has 16 heavy (non-hydrogen) atoms. The van der Waals surface area contributed by atoms with Gasteiger partial charge in [-0.2, -0.15) is 4.31 Å². The highest BCUT2D eigenvalue weighted by atomic mass is 32.2. The van der Waals surface area contributed by atoms with Crippen molar-refractivity contribution in [2.75, 3.05) is 6.26 Å². The van der Waals surface area contributed by atoms with Gasteiger partial charge in [0.25, 0.3) is 0 Å². The summed E-state index contributed by atoms with van der Waals surface area (Å²) in [4.78, 5) is 18.5. The molecule has 7 nitrogen and oxygen atoms in total.